The molecule has 0 radical (unpaired) electrons. The fourth-order valence-electron chi connectivity index (χ4n) is 1.23. The van der Waals surface area contributed by atoms with E-state index in [1.165, 1.54) is 6.08 Å². The van der Waals surface area contributed by atoms with Crippen LogP contribution in [-0.2, 0) is 4.79 Å². The van der Waals surface area contributed by atoms with Gasteiger partial charge in [-0.2, -0.15) is 0 Å². The van der Waals surface area contributed by atoms with Crippen LogP contribution in [0, 0.1) is 0 Å². The molecule has 0 atom stereocenters. The average molecular weight is 344 g/mol. The van der Waals surface area contributed by atoms with E-state index in [-0.39, 0.29) is 11.1 Å². The fraction of sp³-hybridized carbons (Fsp3) is 0. The number of hydrogen-bond acceptors (Lipinski definition) is 3. The van der Waals surface area contributed by atoms with E-state index in [9.17, 15) is 4.79 Å². The van der Waals surface area contributed by atoms with E-state index in [2.05, 4.69) is 26.2 Å². The maximum absolute atomic E-state index is 11.7. The van der Waals surface area contributed by atoms with Crippen LogP contribution < -0.4 is 5.32 Å². The minimum absolute atomic E-state index is 0.245. The molecule has 1 amide bonds. The van der Waals surface area contributed by atoms with Crippen molar-refractivity contribution in [1.29, 1.82) is 0 Å². The van der Waals surface area contributed by atoms with Gasteiger partial charge in [-0.25, -0.2) is 4.98 Å². The van der Waals surface area contributed by atoms with Gasteiger partial charge >= 0.3 is 0 Å². The second-order valence-corrected chi connectivity index (χ2v) is 5.58. The van der Waals surface area contributed by atoms with Gasteiger partial charge in [0, 0.05) is 21.6 Å². The summed E-state index contributed by atoms with van der Waals surface area (Å²) in [5, 5.41) is 4.88. The lowest BCUT2D eigenvalue weighted by Crippen LogP contribution is -2.08. The lowest BCUT2D eigenvalue weighted by atomic mass is 10.3. The van der Waals surface area contributed by atoms with Gasteiger partial charge in [-0.05, 0) is 39.5 Å². The Bertz CT molecular complexity index is 584. The van der Waals surface area contributed by atoms with Gasteiger partial charge in [0.15, 0.2) is 5.15 Å². The molecule has 6 heteroatoms. The molecule has 3 nitrogen and oxygen atoms in total. The number of pyridine rings is 1. The van der Waals surface area contributed by atoms with Gasteiger partial charge in [-0.1, -0.05) is 17.7 Å². The minimum atomic E-state index is -0.245. The Balaban J connectivity index is 2.05. The first-order valence-electron chi connectivity index (χ1n) is 4.99. The standard InChI is InChI=1S/C12H8BrClN2OS/c13-8-6-10(12(14)15-7-8)16-11(17)4-3-9-2-1-5-18-9/h1-7H,(H,16,17)/b4-3+. The maximum atomic E-state index is 11.7. The maximum Gasteiger partial charge on any atom is 0.248 e. The van der Waals surface area contributed by atoms with Crippen LogP contribution in [0.15, 0.2) is 40.3 Å². The number of halogens is 2. The zero-order chi connectivity index (χ0) is 13.0. The molecule has 0 unspecified atom stereocenters. The number of amides is 1. The molecule has 0 aromatic carbocycles. The molecule has 18 heavy (non-hydrogen) atoms. The van der Waals surface area contributed by atoms with Crippen molar-refractivity contribution >= 4 is 56.5 Å². The van der Waals surface area contributed by atoms with Gasteiger partial charge in [-0.3, -0.25) is 4.79 Å². The van der Waals surface area contributed by atoms with Gasteiger partial charge in [0.05, 0.1) is 5.69 Å². The van der Waals surface area contributed by atoms with E-state index < -0.39 is 0 Å². The third-order valence-corrected chi connectivity index (χ3v) is 3.58. The van der Waals surface area contributed by atoms with Crippen LogP contribution in [0.2, 0.25) is 5.15 Å². The van der Waals surface area contributed by atoms with Crippen LogP contribution in [0.5, 0.6) is 0 Å². The summed E-state index contributed by atoms with van der Waals surface area (Å²) in [6.07, 6.45) is 4.78. The van der Waals surface area contributed by atoms with Gasteiger partial charge in [-0.15, -0.1) is 11.3 Å². The predicted octanol–water partition coefficient (Wildman–Crippen LogP) is 4.21. The van der Waals surface area contributed by atoms with Crippen molar-refractivity contribution < 1.29 is 4.79 Å². The number of carbonyl (C=O) groups excluding carboxylic acids is 1. The molecule has 0 saturated carbocycles. The van der Waals surface area contributed by atoms with E-state index in [1.54, 1.807) is 29.7 Å². The fourth-order valence-corrected chi connectivity index (χ4v) is 2.33. The zero-order valence-corrected chi connectivity index (χ0v) is 12.2. The molecule has 0 saturated heterocycles. The molecule has 0 aliphatic rings. The number of carbonyl (C=O) groups is 1. The van der Waals surface area contributed by atoms with Gasteiger partial charge in [0.1, 0.15) is 0 Å². The Morgan fingerprint density at radius 3 is 3.11 bits per heavy atom. The minimum Gasteiger partial charge on any atom is -0.320 e. The van der Waals surface area contributed by atoms with Crippen molar-refractivity contribution in [2.45, 2.75) is 0 Å². The number of hydrogen-bond donors (Lipinski definition) is 1. The molecule has 0 fully saturated rings. The smallest absolute Gasteiger partial charge is 0.248 e. The topological polar surface area (TPSA) is 42.0 Å². The van der Waals surface area contributed by atoms with E-state index in [4.69, 9.17) is 11.6 Å². The third kappa shape index (κ3) is 3.66. The van der Waals surface area contributed by atoms with Crippen molar-refractivity contribution in [3.05, 3.63) is 50.4 Å². The quantitative estimate of drug-likeness (QED) is 0.670. The summed E-state index contributed by atoms with van der Waals surface area (Å²) in [5.74, 6) is -0.245. The number of nitrogens with one attached hydrogen (secondary N) is 1. The largest absolute Gasteiger partial charge is 0.320 e. The molecule has 1 N–H and O–H groups in total. The third-order valence-electron chi connectivity index (χ3n) is 2.01. The Hall–Kier alpha value is -1.17. The van der Waals surface area contributed by atoms with Crippen LogP contribution >= 0.6 is 38.9 Å². The summed E-state index contributed by atoms with van der Waals surface area (Å²) >= 11 is 10.7. The second kappa shape index (κ2) is 6.13. The molecule has 0 bridgehead atoms. The summed E-state index contributed by atoms with van der Waals surface area (Å²) < 4.78 is 0.754. The predicted molar refractivity (Wildman–Crippen MR) is 78.9 cm³/mol. The molecule has 0 aliphatic heterocycles. The van der Waals surface area contributed by atoms with Gasteiger partial charge in [0.2, 0.25) is 5.91 Å². The summed E-state index contributed by atoms with van der Waals surface area (Å²) in [6, 6.07) is 5.56. The number of nitrogens with zero attached hydrogens (tertiary/aromatic N) is 1. The molecule has 92 valence electrons. The number of rotatable bonds is 3. The van der Waals surface area contributed by atoms with Crippen LogP contribution in [-0.4, -0.2) is 10.9 Å². The average Bonchev–Trinajstić information content (AvgIpc) is 2.84. The zero-order valence-electron chi connectivity index (χ0n) is 9.06. The lowest BCUT2D eigenvalue weighted by Gasteiger charge is -2.04. The van der Waals surface area contributed by atoms with E-state index >= 15 is 0 Å². The van der Waals surface area contributed by atoms with Crippen molar-refractivity contribution in [3.63, 3.8) is 0 Å². The summed E-state index contributed by atoms with van der Waals surface area (Å²) in [4.78, 5) is 16.6. The molecular weight excluding hydrogens is 336 g/mol. The number of aromatic nitrogens is 1. The molecule has 2 aromatic heterocycles. The molecule has 2 rings (SSSR count). The molecule has 2 aromatic rings. The highest BCUT2D eigenvalue weighted by Crippen LogP contribution is 2.22. The molecular formula is C12H8BrClN2OS. The van der Waals surface area contributed by atoms with Crippen LogP contribution in [0.3, 0.4) is 0 Å². The van der Waals surface area contributed by atoms with Crippen LogP contribution in [0.25, 0.3) is 6.08 Å². The van der Waals surface area contributed by atoms with Crippen molar-refractivity contribution in [2.24, 2.45) is 0 Å². The number of anilines is 1. The van der Waals surface area contributed by atoms with E-state index in [0.717, 1.165) is 9.35 Å². The van der Waals surface area contributed by atoms with E-state index in [1.807, 2.05) is 17.5 Å². The van der Waals surface area contributed by atoms with Gasteiger partial charge < -0.3 is 5.32 Å². The highest BCUT2D eigenvalue weighted by atomic mass is 79.9. The Kier molecular flexibility index (Phi) is 4.52. The normalized spacial score (nSPS) is 10.8. The molecule has 0 aliphatic carbocycles. The summed E-state index contributed by atoms with van der Waals surface area (Å²) in [5.41, 5.74) is 0.479. The van der Waals surface area contributed by atoms with Crippen molar-refractivity contribution in [3.8, 4) is 0 Å². The first-order valence-corrected chi connectivity index (χ1v) is 7.04. The SMILES string of the molecule is O=C(/C=C/c1cccs1)Nc1cc(Br)cnc1Cl. The first kappa shape index (κ1) is 13.3. The summed E-state index contributed by atoms with van der Waals surface area (Å²) in [6.45, 7) is 0. The molecule has 0 spiro atoms. The Labute approximate surface area is 122 Å². The van der Waals surface area contributed by atoms with Gasteiger partial charge in [0.25, 0.3) is 0 Å². The number of thiophene rings is 1. The summed E-state index contributed by atoms with van der Waals surface area (Å²) in [7, 11) is 0. The first-order chi connectivity index (χ1) is 8.65. The van der Waals surface area contributed by atoms with Crippen LogP contribution in [0.4, 0.5) is 5.69 Å². The lowest BCUT2D eigenvalue weighted by molar-refractivity contribution is -0.111. The van der Waals surface area contributed by atoms with Crippen LogP contribution in [0.1, 0.15) is 4.88 Å². The van der Waals surface area contributed by atoms with E-state index in [0.29, 0.717) is 5.69 Å². The Morgan fingerprint density at radius 1 is 1.56 bits per heavy atom. The second-order valence-electron chi connectivity index (χ2n) is 3.33. The highest BCUT2D eigenvalue weighted by molar-refractivity contribution is 9.10. The van der Waals surface area contributed by atoms with Crippen molar-refractivity contribution in [1.82, 2.24) is 4.98 Å². The Morgan fingerprint density at radius 2 is 2.39 bits per heavy atom. The highest BCUT2D eigenvalue weighted by Gasteiger charge is 2.05. The molecule has 2 heterocycles. The van der Waals surface area contributed by atoms with Crippen molar-refractivity contribution in [2.75, 3.05) is 5.32 Å². The monoisotopic (exact) mass is 342 g/mol.